The third-order valence-corrected chi connectivity index (χ3v) is 7.03. The molecule has 1 saturated heterocycles. The number of hydrogen-bond acceptors (Lipinski definition) is 5. The first-order valence-electron chi connectivity index (χ1n) is 10.2. The van der Waals surface area contributed by atoms with Gasteiger partial charge in [-0.25, -0.2) is 4.98 Å². The first-order chi connectivity index (χ1) is 14.9. The summed E-state index contributed by atoms with van der Waals surface area (Å²) in [6, 6.07) is 12.3. The molecule has 1 aliphatic rings. The summed E-state index contributed by atoms with van der Waals surface area (Å²) in [5.74, 6) is 0.177. The molecule has 0 aliphatic carbocycles. The van der Waals surface area contributed by atoms with Crippen molar-refractivity contribution < 1.29 is 14.6 Å². The number of aliphatic carboxylic acids is 1. The quantitative estimate of drug-likeness (QED) is 0.488. The summed E-state index contributed by atoms with van der Waals surface area (Å²) in [4.78, 5) is 18.8. The van der Waals surface area contributed by atoms with Crippen molar-refractivity contribution in [2.45, 2.75) is 26.3 Å². The van der Waals surface area contributed by atoms with Gasteiger partial charge in [0.15, 0.2) is 0 Å². The highest BCUT2D eigenvalue weighted by atomic mass is 35.5. The number of likely N-dealkylation sites (tertiary alicyclic amines) is 1. The van der Waals surface area contributed by atoms with E-state index >= 15 is 0 Å². The van der Waals surface area contributed by atoms with E-state index < -0.39 is 5.97 Å². The normalized spacial score (nSPS) is 14.6. The van der Waals surface area contributed by atoms with Crippen LogP contribution in [0.2, 0.25) is 5.02 Å². The Labute approximate surface area is 191 Å². The predicted octanol–water partition coefficient (Wildman–Crippen LogP) is 5.78. The van der Waals surface area contributed by atoms with Crippen LogP contribution in [0.1, 0.15) is 30.9 Å². The second kappa shape index (κ2) is 8.99. The fourth-order valence-corrected chi connectivity index (χ4v) is 5.15. The molecule has 0 spiro atoms. The molecular formula is C24H25ClN2O3S. The van der Waals surface area contributed by atoms with Gasteiger partial charge in [-0.1, -0.05) is 43.6 Å². The summed E-state index contributed by atoms with van der Waals surface area (Å²) in [7, 11) is 1.66. The second-order valence-electron chi connectivity index (χ2n) is 8.18. The van der Waals surface area contributed by atoms with Gasteiger partial charge in [-0.15, -0.1) is 11.3 Å². The first kappa shape index (κ1) is 21.8. The maximum absolute atomic E-state index is 11.0. The zero-order valence-electron chi connectivity index (χ0n) is 17.8. The molecule has 162 valence electrons. The lowest BCUT2D eigenvalue weighted by molar-refractivity contribution is -0.147. The van der Waals surface area contributed by atoms with Crippen LogP contribution < -0.4 is 4.74 Å². The van der Waals surface area contributed by atoms with E-state index in [9.17, 15) is 4.79 Å². The minimum Gasteiger partial charge on any atom is -0.496 e. The van der Waals surface area contributed by atoms with E-state index in [0.717, 1.165) is 42.9 Å². The maximum Gasteiger partial charge on any atom is 0.309 e. The lowest BCUT2D eigenvalue weighted by atomic mass is 9.99. The second-order valence-corrected chi connectivity index (χ2v) is 9.62. The molecule has 0 bridgehead atoms. The molecule has 5 nitrogen and oxygen atoms in total. The Kier molecular flexibility index (Phi) is 6.32. The zero-order chi connectivity index (χ0) is 22.1. The Morgan fingerprint density at radius 3 is 2.71 bits per heavy atom. The SMILES string of the molecule is COc1cc(CN2CC(C(=O)O)C2)ccc1-c1ncc(-c2ccc(C(C)C)c(Cl)c2)s1. The lowest BCUT2D eigenvalue weighted by Crippen LogP contribution is -2.49. The summed E-state index contributed by atoms with van der Waals surface area (Å²) >= 11 is 8.08. The van der Waals surface area contributed by atoms with Crippen molar-refractivity contribution in [2.24, 2.45) is 5.92 Å². The molecule has 0 atom stereocenters. The number of benzene rings is 2. The molecule has 7 heteroatoms. The highest BCUT2D eigenvalue weighted by molar-refractivity contribution is 7.18. The van der Waals surface area contributed by atoms with Crippen molar-refractivity contribution in [1.29, 1.82) is 0 Å². The van der Waals surface area contributed by atoms with Crippen LogP contribution in [-0.4, -0.2) is 41.2 Å². The molecule has 0 amide bonds. The number of halogens is 1. The van der Waals surface area contributed by atoms with Gasteiger partial charge in [-0.3, -0.25) is 9.69 Å². The lowest BCUT2D eigenvalue weighted by Gasteiger charge is -2.36. The van der Waals surface area contributed by atoms with Gasteiger partial charge in [0, 0.05) is 30.9 Å². The van der Waals surface area contributed by atoms with Gasteiger partial charge in [0.2, 0.25) is 0 Å². The van der Waals surface area contributed by atoms with Gasteiger partial charge in [-0.05, 0) is 40.8 Å². The summed E-state index contributed by atoms with van der Waals surface area (Å²) in [5, 5.41) is 10.7. The molecular weight excluding hydrogens is 432 g/mol. The van der Waals surface area contributed by atoms with E-state index in [2.05, 4.69) is 41.9 Å². The fourth-order valence-electron chi connectivity index (χ4n) is 3.80. The minimum absolute atomic E-state index is 0.252. The van der Waals surface area contributed by atoms with E-state index in [4.69, 9.17) is 21.4 Å². The van der Waals surface area contributed by atoms with Crippen molar-refractivity contribution in [3.8, 4) is 26.8 Å². The van der Waals surface area contributed by atoms with Crippen molar-refractivity contribution in [3.63, 3.8) is 0 Å². The summed E-state index contributed by atoms with van der Waals surface area (Å²) < 4.78 is 5.64. The van der Waals surface area contributed by atoms with Crippen LogP contribution >= 0.6 is 22.9 Å². The van der Waals surface area contributed by atoms with Gasteiger partial charge in [0.1, 0.15) is 10.8 Å². The average Bonchev–Trinajstić information content (AvgIpc) is 3.19. The molecule has 3 aromatic rings. The zero-order valence-corrected chi connectivity index (χ0v) is 19.3. The largest absolute Gasteiger partial charge is 0.496 e. The van der Waals surface area contributed by atoms with Crippen molar-refractivity contribution >= 4 is 28.9 Å². The van der Waals surface area contributed by atoms with Gasteiger partial charge < -0.3 is 9.84 Å². The fraction of sp³-hybridized carbons (Fsp3) is 0.333. The molecule has 0 radical (unpaired) electrons. The van der Waals surface area contributed by atoms with E-state index in [1.807, 2.05) is 24.4 Å². The Hall–Kier alpha value is -2.41. The molecule has 1 aromatic heterocycles. The highest BCUT2D eigenvalue weighted by Gasteiger charge is 2.32. The van der Waals surface area contributed by atoms with Gasteiger partial charge in [0.05, 0.1) is 23.5 Å². The Morgan fingerprint density at radius 2 is 2.06 bits per heavy atom. The standard InChI is InChI=1S/C24H25ClN2O3S/c1-14(2)18-7-5-16(9-20(18)25)22-10-26-23(31-22)19-6-4-15(8-21(19)30-3)11-27-12-17(13-27)24(28)29/h4-10,14,17H,11-13H2,1-3H3,(H,28,29). The summed E-state index contributed by atoms with van der Waals surface area (Å²) in [5.41, 5.74) is 4.24. The smallest absolute Gasteiger partial charge is 0.309 e. The number of carbonyl (C=O) groups is 1. The topological polar surface area (TPSA) is 62.7 Å². The number of rotatable bonds is 7. The molecule has 1 aliphatic heterocycles. The molecule has 2 heterocycles. The maximum atomic E-state index is 11.0. The number of ether oxygens (including phenoxy) is 1. The van der Waals surface area contributed by atoms with E-state index in [1.54, 1.807) is 18.4 Å². The number of nitrogens with zero attached hydrogens (tertiary/aromatic N) is 2. The molecule has 1 fully saturated rings. The van der Waals surface area contributed by atoms with Crippen LogP contribution in [0, 0.1) is 5.92 Å². The van der Waals surface area contributed by atoms with Crippen molar-refractivity contribution in [2.75, 3.05) is 20.2 Å². The average molecular weight is 457 g/mol. The molecule has 0 unspecified atom stereocenters. The third-order valence-electron chi connectivity index (χ3n) is 5.62. The molecule has 4 rings (SSSR count). The van der Waals surface area contributed by atoms with Gasteiger partial charge in [0.25, 0.3) is 0 Å². The predicted molar refractivity (Wildman–Crippen MR) is 125 cm³/mol. The highest BCUT2D eigenvalue weighted by Crippen LogP contribution is 2.39. The van der Waals surface area contributed by atoms with Crippen LogP contribution in [0.25, 0.3) is 21.0 Å². The molecule has 2 aromatic carbocycles. The molecule has 31 heavy (non-hydrogen) atoms. The number of hydrogen-bond donors (Lipinski definition) is 1. The van der Waals surface area contributed by atoms with E-state index in [0.29, 0.717) is 25.6 Å². The van der Waals surface area contributed by atoms with Gasteiger partial charge >= 0.3 is 5.97 Å². The third kappa shape index (κ3) is 4.61. The first-order valence-corrected chi connectivity index (χ1v) is 11.4. The van der Waals surface area contributed by atoms with Crippen molar-refractivity contribution in [1.82, 2.24) is 9.88 Å². The van der Waals surface area contributed by atoms with Gasteiger partial charge in [-0.2, -0.15) is 0 Å². The number of aromatic nitrogens is 1. The summed E-state index contributed by atoms with van der Waals surface area (Å²) in [6.07, 6.45) is 1.88. The van der Waals surface area contributed by atoms with Crippen LogP contribution in [-0.2, 0) is 11.3 Å². The monoisotopic (exact) mass is 456 g/mol. The van der Waals surface area contributed by atoms with E-state index in [1.165, 1.54) is 0 Å². The number of thiazole rings is 1. The van der Waals surface area contributed by atoms with Crippen LogP contribution in [0.3, 0.4) is 0 Å². The summed E-state index contributed by atoms with van der Waals surface area (Å²) in [6.45, 7) is 6.16. The Morgan fingerprint density at radius 1 is 1.29 bits per heavy atom. The number of carboxylic acid groups (broad SMARTS) is 1. The van der Waals surface area contributed by atoms with E-state index in [-0.39, 0.29) is 5.92 Å². The number of carboxylic acids is 1. The molecule has 0 saturated carbocycles. The number of methoxy groups -OCH3 is 1. The molecule has 1 N–H and O–H groups in total. The van der Waals surface area contributed by atoms with Crippen LogP contribution in [0.4, 0.5) is 0 Å². The van der Waals surface area contributed by atoms with Crippen molar-refractivity contribution in [3.05, 3.63) is 58.7 Å². The Balaban J connectivity index is 1.53. The van der Waals surface area contributed by atoms with Crippen LogP contribution in [0.15, 0.2) is 42.6 Å². The minimum atomic E-state index is -0.719. The van der Waals surface area contributed by atoms with Crippen LogP contribution in [0.5, 0.6) is 5.75 Å². The Bertz CT molecular complexity index is 1110.